The Balaban J connectivity index is 2.09. The van der Waals surface area contributed by atoms with Crippen LogP contribution in [0.5, 0.6) is 0 Å². The summed E-state index contributed by atoms with van der Waals surface area (Å²) >= 11 is 0. The summed E-state index contributed by atoms with van der Waals surface area (Å²) in [5.74, 6) is -0.467. The minimum atomic E-state index is -4.56. The van der Waals surface area contributed by atoms with Gasteiger partial charge >= 0.3 is 6.18 Å². The van der Waals surface area contributed by atoms with E-state index < -0.39 is 33.7 Å². The van der Waals surface area contributed by atoms with Crippen LogP contribution in [-0.4, -0.2) is 53.1 Å². The predicted molar refractivity (Wildman–Crippen MR) is 80.9 cm³/mol. The van der Waals surface area contributed by atoms with E-state index in [1.807, 2.05) is 6.92 Å². The van der Waals surface area contributed by atoms with Crippen LogP contribution in [0.2, 0.25) is 0 Å². The van der Waals surface area contributed by atoms with Gasteiger partial charge in [-0.3, -0.25) is 9.48 Å². The molecule has 1 saturated heterocycles. The van der Waals surface area contributed by atoms with Crippen molar-refractivity contribution in [2.24, 2.45) is 0 Å². The van der Waals surface area contributed by atoms with Crippen molar-refractivity contribution < 1.29 is 26.4 Å². The molecule has 24 heavy (non-hydrogen) atoms. The van der Waals surface area contributed by atoms with E-state index >= 15 is 0 Å². The summed E-state index contributed by atoms with van der Waals surface area (Å²) in [5, 5.41) is 3.37. The van der Waals surface area contributed by atoms with Gasteiger partial charge in [-0.1, -0.05) is 13.3 Å². The first-order chi connectivity index (χ1) is 11.1. The molecular formula is C14H20F3N3O3S. The third-order valence-corrected chi connectivity index (χ3v) is 5.70. The van der Waals surface area contributed by atoms with Crippen molar-refractivity contribution in [3.05, 3.63) is 18.0 Å². The van der Waals surface area contributed by atoms with Crippen molar-refractivity contribution in [2.45, 2.75) is 44.9 Å². The van der Waals surface area contributed by atoms with Crippen molar-refractivity contribution in [2.75, 3.05) is 18.1 Å². The van der Waals surface area contributed by atoms with Gasteiger partial charge in [0, 0.05) is 18.8 Å². The molecule has 0 aliphatic carbocycles. The highest BCUT2D eigenvalue weighted by molar-refractivity contribution is 7.91. The zero-order chi connectivity index (χ0) is 18.0. The van der Waals surface area contributed by atoms with E-state index in [1.165, 1.54) is 4.90 Å². The number of aromatic nitrogens is 2. The van der Waals surface area contributed by atoms with Crippen molar-refractivity contribution >= 4 is 15.7 Å². The Hall–Kier alpha value is -1.58. The van der Waals surface area contributed by atoms with Gasteiger partial charge in [0.25, 0.3) is 0 Å². The molecule has 0 N–H and O–H groups in total. The summed E-state index contributed by atoms with van der Waals surface area (Å²) in [4.78, 5) is 13.9. The second-order valence-electron chi connectivity index (χ2n) is 5.89. The van der Waals surface area contributed by atoms with Crippen LogP contribution in [0.25, 0.3) is 0 Å². The van der Waals surface area contributed by atoms with E-state index in [4.69, 9.17) is 0 Å². The van der Waals surface area contributed by atoms with Crippen LogP contribution in [0.4, 0.5) is 13.2 Å². The van der Waals surface area contributed by atoms with Crippen molar-refractivity contribution in [1.82, 2.24) is 14.7 Å². The molecule has 0 aromatic carbocycles. The summed E-state index contributed by atoms with van der Waals surface area (Å²) < 4.78 is 61.9. The van der Waals surface area contributed by atoms with Gasteiger partial charge < -0.3 is 4.90 Å². The SMILES string of the molecule is CCCCN(C(=O)Cn1ccc(C(F)(F)F)n1)C1CCS(=O)(=O)C1. The average Bonchev–Trinajstić information content (AvgIpc) is 3.05. The third kappa shape index (κ3) is 4.71. The molecule has 2 rings (SSSR count). The molecule has 0 spiro atoms. The molecule has 0 radical (unpaired) electrons. The maximum Gasteiger partial charge on any atom is 0.435 e. The number of hydrogen-bond acceptors (Lipinski definition) is 4. The van der Waals surface area contributed by atoms with Crippen molar-refractivity contribution in [1.29, 1.82) is 0 Å². The van der Waals surface area contributed by atoms with Gasteiger partial charge in [0.15, 0.2) is 15.5 Å². The number of nitrogens with zero attached hydrogens (tertiary/aromatic N) is 3. The molecule has 6 nitrogen and oxygen atoms in total. The Morgan fingerprint density at radius 2 is 2.17 bits per heavy atom. The van der Waals surface area contributed by atoms with Gasteiger partial charge in [-0.2, -0.15) is 18.3 Å². The molecule has 1 aromatic heterocycles. The third-order valence-electron chi connectivity index (χ3n) is 3.95. The lowest BCUT2D eigenvalue weighted by molar-refractivity contribution is -0.142. The lowest BCUT2D eigenvalue weighted by Crippen LogP contribution is -2.43. The quantitative estimate of drug-likeness (QED) is 0.767. The predicted octanol–water partition coefficient (Wildman–Crippen LogP) is 1.72. The van der Waals surface area contributed by atoms with Gasteiger partial charge in [-0.25, -0.2) is 8.42 Å². The molecule has 1 atom stereocenters. The number of rotatable bonds is 6. The minimum Gasteiger partial charge on any atom is -0.337 e. The molecule has 136 valence electrons. The zero-order valence-corrected chi connectivity index (χ0v) is 14.1. The monoisotopic (exact) mass is 367 g/mol. The largest absolute Gasteiger partial charge is 0.435 e. The first kappa shape index (κ1) is 18.8. The average molecular weight is 367 g/mol. The van der Waals surface area contributed by atoms with Gasteiger partial charge in [0.1, 0.15) is 6.54 Å². The molecule has 1 aromatic rings. The Bertz CT molecular complexity index is 685. The van der Waals surface area contributed by atoms with Crippen LogP contribution in [0.3, 0.4) is 0 Å². The van der Waals surface area contributed by atoms with Crippen LogP contribution in [0.1, 0.15) is 31.9 Å². The summed E-state index contributed by atoms with van der Waals surface area (Å²) in [7, 11) is -3.15. The highest BCUT2D eigenvalue weighted by Crippen LogP contribution is 2.27. The molecule has 1 aliphatic heterocycles. The number of carbonyl (C=O) groups is 1. The number of hydrogen-bond donors (Lipinski definition) is 0. The Morgan fingerprint density at radius 1 is 1.46 bits per heavy atom. The van der Waals surface area contributed by atoms with Gasteiger partial charge in [0.2, 0.25) is 5.91 Å². The number of amides is 1. The van der Waals surface area contributed by atoms with Gasteiger partial charge in [-0.05, 0) is 18.9 Å². The molecule has 1 fully saturated rings. The molecule has 10 heteroatoms. The Labute approximate surface area is 138 Å². The fourth-order valence-corrected chi connectivity index (χ4v) is 4.42. The van der Waals surface area contributed by atoms with Crippen LogP contribution >= 0.6 is 0 Å². The van der Waals surface area contributed by atoms with E-state index in [0.29, 0.717) is 19.4 Å². The van der Waals surface area contributed by atoms with E-state index in [2.05, 4.69) is 5.10 Å². The van der Waals surface area contributed by atoms with Crippen LogP contribution in [0, 0.1) is 0 Å². The molecule has 0 saturated carbocycles. The Kier molecular flexibility index (Phi) is 5.56. The summed E-state index contributed by atoms with van der Waals surface area (Å²) in [6.45, 7) is 2.00. The van der Waals surface area contributed by atoms with Crippen molar-refractivity contribution in [3.63, 3.8) is 0 Å². The second kappa shape index (κ2) is 7.12. The smallest absolute Gasteiger partial charge is 0.337 e. The minimum absolute atomic E-state index is 0.0353. The molecule has 1 unspecified atom stereocenters. The second-order valence-corrected chi connectivity index (χ2v) is 8.12. The van der Waals surface area contributed by atoms with Crippen LogP contribution in [0.15, 0.2) is 12.3 Å². The molecule has 2 heterocycles. The lowest BCUT2D eigenvalue weighted by Gasteiger charge is -2.28. The highest BCUT2D eigenvalue weighted by atomic mass is 32.2. The fraction of sp³-hybridized carbons (Fsp3) is 0.714. The summed E-state index contributed by atoms with van der Waals surface area (Å²) in [6, 6.07) is 0.399. The number of sulfone groups is 1. The maximum absolute atomic E-state index is 12.6. The van der Waals surface area contributed by atoms with E-state index in [1.54, 1.807) is 0 Å². The molecule has 1 amide bonds. The van der Waals surface area contributed by atoms with E-state index in [-0.39, 0.29) is 18.1 Å². The first-order valence-corrected chi connectivity index (χ1v) is 9.55. The van der Waals surface area contributed by atoms with Gasteiger partial charge in [0.05, 0.1) is 11.5 Å². The number of unbranched alkanes of at least 4 members (excludes halogenated alkanes) is 1. The van der Waals surface area contributed by atoms with Crippen LogP contribution < -0.4 is 0 Å². The van der Waals surface area contributed by atoms with E-state index in [0.717, 1.165) is 23.4 Å². The number of halogens is 3. The highest BCUT2D eigenvalue weighted by Gasteiger charge is 2.36. The molecular weight excluding hydrogens is 347 g/mol. The summed E-state index contributed by atoms with van der Waals surface area (Å²) in [6.07, 6.45) is -1.57. The fourth-order valence-electron chi connectivity index (χ4n) is 2.69. The number of carbonyl (C=O) groups excluding carboxylic acids is 1. The first-order valence-electron chi connectivity index (χ1n) is 7.73. The molecule has 1 aliphatic rings. The lowest BCUT2D eigenvalue weighted by atomic mass is 10.2. The van der Waals surface area contributed by atoms with Crippen molar-refractivity contribution in [3.8, 4) is 0 Å². The maximum atomic E-state index is 12.6. The molecule has 0 bridgehead atoms. The van der Waals surface area contributed by atoms with E-state index in [9.17, 15) is 26.4 Å². The van der Waals surface area contributed by atoms with Gasteiger partial charge in [-0.15, -0.1) is 0 Å². The zero-order valence-electron chi connectivity index (χ0n) is 13.3. The number of alkyl halides is 3. The topological polar surface area (TPSA) is 72.3 Å². The summed E-state index contributed by atoms with van der Waals surface area (Å²) in [5.41, 5.74) is -1.06. The normalized spacial score (nSPS) is 20.2. The standard InChI is InChI=1S/C14H20F3N3O3S/c1-2-3-6-20(11-5-8-24(22,23)10-11)13(21)9-19-7-4-12(18-19)14(15,16)17/h4,7,11H,2-3,5-6,8-10H2,1H3. The Morgan fingerprint density at radius 3 is 2.67 bits per heavy atom. The van der Waals surface area contributed by atoms with Crippen LogP contribution in [-0.2, 0) is 27.4 Å².